The van der Waals surface area contributed by atoms with Gasteiger partial charge in [-0.25, -0.2) is 9.37 Å². The van der Waals surface area contributed by atoms with E-state index in [2.05, 4.69) is 15.3 Å². The SMILES string of the molecule is O=C(NCc1cc2cc(Cl)c(OCc3cscn3)cc2[nH]1)[C@H]1C[C@@H]1F. The number of aromatic amines is 1. The second-order valence-corrected chi connectivity index (χ2v) is 7.13. The molecule has 2 aromatic heterocycles. The number of thiazole rings is 1. The lowest BCUT2D eigenvalue weighted by Crippen LogP contribution is -2.25. The van der Waals surface area contributed by atoms with Crippen molar-refractivity contribution in [3.63, 3.8) is 0 Å². The molecule has 1 aliphatic carbocycles. The van der Waals surface area contributed by atoms with E-state index in [1.165, 1.54) is 11.3 Å². The van der Waals surface area contributed by atoms with Crippen LogP contribution >= 0.6 is 22.9 Å². The van der Waals surface area contributed by atoms with Crippen molar-refractivity contribution in [1.29, 1.82) is 0 Å². The van der Waals surface area contributed by atoms with Crippen molar-refractivity contribution < 1.29 is 13.9 Å². The number of hydrogen-bond acceptors (Lipinski definition) is 4. The number of carbonyl (C=O) groups excluding carboxylic acids is 1. The highest BCUT2D eigenvalue weighted by molar-refractivity contribution is 7.07. The third-order valence-electron chi connectivity index (χ3n) is 4.09. The van der Waals surface area contributed by atoms with E-state index in [9.17, 15) is 9.18 Å². The highest BCUT2D eigenvalue weighted by Gasteiger charge is 2.43. The van der Waals surface area contributed by atoms with Gasteiger partial charge in [0.05, 0.1) is 28.7 Å². The molecule has 25 heavy (non-hydrogen) atoms. The highest BCUT2D eigenvalue weighted by Crippen LogP contribution is 2.34. The van der Waals surface area contributed by atoms with E-state index in [0.717, 1.165) is 22.3 Å². The Morgan fingerprint density at radius 1 is 1.48 bits per heavy atom. The molecule has 1 saturated carbocycles. The molecule has 1 fully saturated rings. The molecule has 2 atom stereocenters. The number of ether oxygens (including phenoxy) is 1. The molecule has 8 heteroatoms. The molecule has 0 saturated heterocycles. The van der Waals surface area contributed by atoms with Gasteiger partial charge in [-0.05, 0) is 18.6 Å². The molecule has 0 radical (unpaired) electrons. The number of hydrogen-bond donors (Lipinski definition) is 2. The van der Waals surface area contributed by atoms with Crippen molar-refractivity contribution in [2.75, 3.05) is 0 Å². The molecule has 130 valence electrons. The van der Waals surface area contributed by atoms with E-state index in [1.54, 1.807) is 5.51 Å². The largest absolute Gasteiger partial charge is 0.486 e. The number of halogens is 2. The molecule has 2 N–H and O–H groups in total. The Labute approximate surface area is 152 Å². The molecule has 1 aliphatic rings. The average Bonchev–Trinajstić information content (AvgIpc) is 3.00. The second-order valence-electron chi connectivity index (χ2n) is 6.01. The normalized spacial score (nSPS) is 19.1. The van der Waals surface area contributed by atoms with Crippen LogP contribution in [0.4, 0.5) is 4.39 Å². The van der Waals surface area contributed by atoms with Crippen molar-refractivity contribution in [3.05, 3.63) is 45.5 Å². The van der Waals surface area contributed by atoms with Crippen LogP contribution in [0.3, 0.4) is 0 Å². The Morgan fingerprint density at radius 3 is 3.04 bits per heavy atom. The fourth-order valence-electron chi connectivity index (χ4n) is 2.61. The Morgan fingerprint density at radius 2 is 2.32 bits per heavy atom. The maximum absolute atomic E-state index is 12.9. The zero-order valence-electron chi connectivity index (χ0n) is 13.1. The van der Waals surface area contributed by atoms with Gasteiger partial charge in [0.2, 0.25) is 5.91 Å². The van der Waals surface area contributed by atoms with Crippen LogP contribution in [0.25, 0.3) is 10.9 Å². The van der Waals surface area contributed by atoms with Crippen molar-refractivity contribution in [2.45, 2.75) is 25.7 Å². The monoisotopic (exact) mass is 379 g/mol. The fraction of sp³-hybridized carbons (Fsp3) is 0.294. The molecule has 1 aromatic carbocycles. The van der Waals surface area contributed by atoms with Crippen molar-refractivity contribution >= 4 is 39.7 Å². The number of benzene rings is 1. The Bertz CT molecular complexity index is 912. The predicted molar refractivity (Wildman–Crippen MR) is 94.6 cm³/mol. The van der Waals surface area contributed by atoms with E-state index < -0.39 is 12.1 Å². The molecule has 2 heterocycles. The van der Waals surface area contributed by atoms with Gasteiger partial charge in [-0.1, -0.05) is 11.6 Å². The minimum Gasteiger partial charge on any atom is -0.486 e. The number of nitrogens with one attached hydrogen (secondary N) is 2. The molecule has 5 nitrogen and oxygen atoms in total. The van der Waals surface area contributed by atoms with Gasteiger partial charge in [-0.3, -0.25) is 4.79 Å². The first-order valence-corrected chi connectivity index (χ1v) is 9.15. The van der Waals surface area contributed by atoms with Gasteiger partial charge in [0, 0.05) is 28.0 Å². The van der Waals surface area contributed by atoms with Crippen LogP contribution in [-0.2, 0) is 17.9 Å². The van der Waals surface area contributed by atoms with Gasteiger partial charge in [0.1, 0.15) is 18.5 Å². The minimum atomic E-state index is -0.987. The molecule has 1 amide bonds. The van der Waals surface area contributed by atoms with Crippen LogP contribution in [0.2, 0.25) is 5.02 Å². The van der Waals surface area contributed by atoms with Crippen LogP contribution in [0.1, 0.15) is 17.8 Å². The summed E-state index contributed by atoms with van der Waals surface area (Å²) in [5.41, 5.74) is 4.29. The maximum Gasteiger partial charge on any atom is 0.226 e. The van der Waals surface area contributed by atoms with Gasteiger partial charge >= 0.3 is 0 Å². The third kappa shape index (κ3) is 3.62. The number of rotatable bonds is 6. The zero-order chi connectivity index (χ0) is 17.4. The van der Waals surface area contributed by atoms with Gasteiger partial charge in [-0.2, -0.15) is 0 Å². The number of nitrogens with zero attached hydrogens (tertiary/aromatic N) is 1. The van der Waals surface area contributed by atoms with Crippen molar-refractivity contribution in [2.24, 2.45) is 5.92 Å². The van der Waals surface area contributed by atoms with Crippen LogP contribution in [0.15, 0.2) is 29.1 Å². The van der Waals surface area contributed by atoms with Crippen LogP contribution in [0.5, 0.6) is 5.75 Å². The lowest BCUT2D eigenvalue weighted by Gasteiger charge is -2.06. The lowest BCUT2D eigenvalue weighted by atomic mass is 10.2. The summed E-state index contributed by atoms with van der Waals surface area (Å²) in [6.07, 6.45) is -0.660. The van der Waals surface area contributed by atoms with Gasteiger partial charge in [0.25, 0.3) is 0 Å². The van der Waals surface area contributed by atoms with Crippen LogP contribution in [0, 0.1) is 5.92 Å². The summed E-state index contributed by atoms with van der Waals surface area (Å²) in [6.45, 7) is 0.674. The van der Waals surface area contributed by atoms with Crippen LogP contribution in [-0.4, -0.2) is 22.0 Å². The van der Waals surface area contributed by atoms with Gasteiger partial charge in [0.15, 0.2) is 0 Å². The second kappa shape index (κ2) is 6.65. The van der Waals surface area contributed by atoms with E-state index in [1.807, 2.05) is 23.6 Å². The first-order valence-electron chi connectivity index (χ1n) is 7.83. The van der Waals surface area contributed by atoms with E-state index in [4.69, 9.17) is 16.3 Å². The molecule has 0 spiro atoms. The first kappa shape index (κ1) is 16.4. The summed E-state index contributed by atoms with van der Waals surface area (Å²) >= 11 is 7.79. The summed E-state index contributed by atoms with van der Waals surface area (Å²) in [6, 6.07) is 5.55. The number of alkyl halides is 1. The molecule has 4 rings (SSSR count). The lowest BCUT2D eigenvalue weighted by molar-refractivity contribution is -0.122. The molecular weight excluding hydrogens is 365 g/mol. The van der Waals surface area contributed by atoms with E-state index in [0.29, 0.717) is 30.3 Å². The topological polar surface area (TPSA) is 67.0 Å². The summed E-state index contributed by atoms with van der Waals surface area (Å²) in [7, 11) is 0. The number of H-pyrrole nitrogens is 1. The molecule has 0 bridgehead atoms. The minimum absolute atomic E-state index is 0.239. The van der Waals surface area contributed by atoms with Gasteiger partial charge in [-0.15, -0.1) is 11.3 Å². The van der Waals surface area contributed by atoms with Crippen molar-refractivity contribution in [1.82, 2.24) is 15.3 Å². The Balaban J connectivity index is 1.45. The highest BCUT2D eigenvalue weighted by atomic mass is 35.5. The van der Waals surface area contributed by atoms with E-state index >= 15 is 0 Å². The van der Waals surface area contributed by atoms with Gasteiger partial charge < -0.3 is 15.0 Å². The van der Waals surface area contributed by atoms with Crippen molar-refractivity contribution in [3.8, 4) is 5.75 Å². The maximum atomic E-state index is 12.9. The summed E-state index contributed by atoms with van der Waals surface area (Å²) in [5.74, 6) is -0.154. The number of carbonyl (C=O) groups is 1. The Hall–Kier alpha value is -2.12. The molecule has 0 unspecified atom stereocenters. The third-order valence-corrected chi connectivity index (χ3v) is 5.02. The molecule has 0 aliphatic heterocycles. The number of fused-ring (bicyclic) bond motifs is 1. The zero-order valence-corrected chi connectivity index (χ0v) is 14.7. The number of aromatic nitrogens is 2. The smallest absolute Gasteiger partial charge is 0.226 e. The van der Waals surface area contributed by atoms with E-state index in [-0.39, 0.29) is 5.91 Å². The number of amides is 1. The quantitative estimate of drug-likeness (QED) is 0.684. The Kier molecular flexibility index (Phi) is 4.35. The summed E-state index contributed by atoms with van der Waals surface area (Å²) < 4.78 is 18.6. The standard InChI is InChI=1S/C17H15ClFN3O2S/c18-13-2-9-1-10(5-20-17(23)12-3-14(12)19)22-15(9)4-16(13)24-6-11-7-25-8-21-11/h1-2,4,7-8,12,14,22H,3,5-6H2,(H,20,23)/t12-,14-/m0/s1. The van der Waals surface area contributed by atoms with Crippen LogP contribution < -0.4 is 10.1 Å². The fourth-order valence-corrected chi connectivity index (χ4v) is 3.38. The molecule has 3 aromatic rings. The molecular formula is C17H15ClFN3O2S. The first-order chi connectivity index (χ1) is 12.1. The average molecular weight is 380 g/mol. The predicted octanol–water partition coefficient (Wildman–Crippen LogP) is 3.83. The summed E-state index contributed by atoms with van der Waals surface area (Å²) in [4.78, 5) is 19.1. The summed E-state index contributed by atoms with van der Waals surface area (Å²) in [5, 5.41) is 6.10.